The third-order valence-corrected chi connectivity index (χ3v) is 6.35. The minimum absolute atomic E-state index is 0.102. The van der Waals surface area contributed by atoms with Crippen molar-refractivity contribution in [1.82, 2.24) is 5.32 Å². The zero-order valence-electron chi connectivity index (χ0n) is 14.3. The highest BCUT2D eigenvalue weighted by Crippen LogP contribution is 2.50. The number of dihydropyridines is 1. The van der Waals surface area contributed by atoms with Gasteiger partial charge >= 0.3 is 0 Å². The van der Waals surface area contributed by atoms with E-state index in [1.807, 2.05) is 0 Å². The molecule has 0 aromatic heterocycles. The summed E-state index contributed by atoms with van der Waals surface area (Å²) in [5.74, 6) is 0.455. The lowest BCUT2D eigenvalue weighted by Gasteiger charge is -2.33. The van der Waals surface area contributed by atoms with E-state index in [1.54, 1.807) is 17.8 Å². The van der Waals surface area contributed by atoms with Gasteiger partial charge in [-0.3, -0.25) is 19.7 Å². The van der Waals surface area contributed by atoms with Gasteiger partial charge in [-0.05, 0) is 37.8 Å². The highest BCUT2D eigenvalue weighted by atomic mass is 32.2. The topological polar surface area (TPSA) is 89.3 Å². The number of benzene rings is 1. The second-order valence-electron chi connectivity index (χ2n) is 6.76. The Morgan fingerprint density at radius 2 is 2.08 bits per heavy atom. The third-order valence-electron chi connectivity index (χ3n) is 5.15. The molecule has 7 heteroatoms. The molecule has 1 aliphatic carbocycles. The van der Waals surface area contributed by atoms with E-state index in [0.29, 0.717) is 12.0 Å². The van der Waals surface area contributed by atoms with Crippen LogP contribution in [0.25, 0.3) is 0 Å². The molecular weight excluding hydrogens is 352 g/mol. The zero-order valence-corrected chi connectivity index (χ0v) is 15.1. The van der Waals surface area contributed by atoms with Crippen LogP contribution in [-0.4, -0.2) is 22.2 Å². The molecule has 0 radical (unpaired) electrons. The summed E-state index contributed by atoms with van der Waals surface area (Å²) < 4.78 is 0. The number of nitrogens with one attached hydrogen (secondary N) is 1. The Bertz CT molecular complexity index is 916. The van der Waals surface area contributed by atoms with Crippen LogP contribution in [0.5, 0.6) is 0 Å². The molecule has 0 bridgehead atoms. The Hall–Kier alpha value is -2.41. The van der Waals surface area contributed by atoms with Gasteiger partial charge in [0.05, 0.1) is 10.5 Å². The molecule has 4 rings (SSSR count). The fraction of sp³-hybridized carbons (Fsp3) is 0.368. The molecule has 26 heavy (non-hydrogen) atoms. The summed E-state index contributed by atoms with van der Waals surface area (Å²) in [5, 5.41) is 14.9. The van der Waals surface area contributed by atoms with Gasteiger partial charge in [0.2, 0.25) is 0 Å². The fourth-order valence-electron chi connectivity index (χ4n) is 3.99. The summed E-state index contributed by atoms with van der Waals surface area (Å²) >= 11 is 1.71. The van der Waals surface area contributed by atoms with Crippen molar-refractivity contribution in [3.8, 4) is 0 Å². The zero-order chi connectivity index (χ0) is 18.4. The Labute approximate surface area is 154 Å². The lowest BCUT2D eigenvalue weighted by atomic mass is 9.79. The number of rotatable bonds is 3. The second-order valence-corrected chi connectivity index (χ2v) is 7.89. The van der Waals surface area contributed by atoms with Crippen LogP contribution in [0.4, 0.5) is 5.69 Å². The van der Waals surface area contributed by atoms with E-state index in [2.05, 4.69) is 5.32 Å². The lowest BCUT2D eigenvalue weighted by molar-refractivity contribution is -0.385. The first-order valence-corrected chi connectivity index (χ1v) is 9.64. The van der Waals surface area contributed by atoms with Gasteiger partial charge in [-0.1, -0.05) is 6.07 Å². The molecule has 1 atom stereocenters. The predicted octanol–water partition coefficient (Wildman–Crippen LogP) is 3.84. The van der Waals surface area contributed by atoms with E-state index in [9.17, 15) is 19.7 Å². The van der Waals surface area contributed by atoms with Crippen LogP contribution in [0.2, 0.25) is 0 Å². The van der Waals surface area contributed by atoms with Gasteiger partial charge in [-0.25, -0.2) is 0 Å². The number of carbonyl (C=O) groups is 2. The molecule has 0 fully saturated rings. The van der Waals surface area contributed by atoms with Crippen molar-refractivity contribution in [3.63, 3.8) is 0 Å². The Balaban J connectivity index is 1.89. The van der Waals surface area contributed by atoms with Crippen LogP contribution in [0.15, 0.2) is 40.1 Å². The average Bonchev–Trinajstić information content (AvgIpc) is 3.07. The van der Waals surface area contributed by atoms with E-state index in [4.69, 9.17) is 0 Å². The minimum atomic E-state index is -0.517. The maximum absolute atomic E-state index is 12.7. The Kier molecular flexibility index (Phi) is 4.19. The molecule has 0 spiro atoms. The molecule has 1 unspecified atom stereocenters. The third kappa shape index (κ3) is 2.67. The monoisotopic (exact) mass is 370 g/mol. The van der Waals surface area contributed by atoms with Gasteiger partial charge in [0, 0.05) is 46.0 Å². The van der Waals surface area contributed by atoms with Crippen molar-refractivity contribution in [1.29, 1.82) is 0 Å². The van der Waals surface area contributed by atoms with E-state index in [-0.39, 0.29) is 28.7 Å². The number of thioether (sulfide) groups is 1. The smallest absolute Gasteiger partial charge is 0.280 e. The highest BCUT2D eigenvalue weighted by molar-refractivity contribution is 8.03. The number of hydrogen-bond donors (Lipinski definition) is 1. The number of ketones is 2. The first kappa shape index (κ1) is 17.0. The summed E-state index contributed by atoms with van der Waals surface area (Å²) in [6, 6.07) is 4.75. The quantitative estimate of drug-likeness (QED) is 0.494. The molecule has 0 amide bonds. The Morgan fingerprint density at radius 1 is 1.27 bits per heavy atom. The summed E-state index contributed by atoms with van der Waals surface area (Å²) in [6.07, 6.45) is 3.08. The molecule has 3 aliphatic rings. The number of nitro groups is 1. The number of nitro benzene ring substituents is 1. The molecule has 1 aromatic carbocycles. The van der Waals surface area contributed by atoms with Gasteiger partial charge < -0.3 is 5.32 Å². The van der Waals surface area contributed by atoms with Crippen LogP contribution >= 0.6 is 11.8 Å². The second kappa shape index (κ2) is 6.39. The van der Waals surface area contributed by atoms with Crippen molar-refractivity contribution in [3.05, 3.63) is 61.3 Å². The normalized spacial score (nSPS) is 22.0. The van der Waals surface area contributed by atoms with Gasteiger partial charge in [0.25, 0.3) is 5.69 Å². The van der Waals surface area contributed by atoms with E-state index >= 15 is 0 Å². The molecule has 2 heterocycles. The van der Waals surface area contributed by atoms with E-state index in [0.717, 1.165) is 46.9 Å². The molecule has 0 saturated heterocycles. The highest BCUT2D eigenvalue weighted by Gasteiger charge is 2.39. The Morgan fingerprint density at radius 3 is 2.81 bits per heavy atom. The fourth-order valence-corrected chi connectivity index (χ4v) is 5.27. The maximum atomic E-state index is 12.7. The van der Waals surface area contributed by atoms with Gasteiger partial charge in [0.1, 0.15) is 0 Å². The van der Waals surface area contributed by atoms with Crippen LogP contribution in [0, 0.1) is 10.1 Å². The number of hydrogen-bond acceptors (Lipinski definition) is 6. The number of Topliss-reactive ketones (excluding diaryl/α,β-unsaturated/α-hetero) is 2. The number of nitrogens with zero attached hydrogens (tertiary/aromatic N) is 1. The summed E-state index contributed by atoms with van der Waals surface area (Å²) in [4.78, 5) is 36.5. The molecule has 134 valence electrons. The lowest BCUT2D eigenvalue weighted by Crippen LogP contribution is -2.30. The van der Waals surface area contributed by atoms with Crippen molar-refractivity contribution in [2.24, 2.45) is 0 Å². The number of carbonyl (C=O) groups excluding carboxylic acids is 2. The summed E-state index contributed by atoms with van der Waals surface area (Å²) in [5.41, 5.74) is 3.47. The van der Waals surface area contributed by atoms with E-state index < -0.39 is 4.92 Å². The van der Waals surface area contributed by atoms with Crippen molar-refractivity contribution in [2.75, 3.05) is 5.75 Å². The average molecular weight is 370 g/mol. The van der Waals surface area contributed by atoms with Gasteiger partial charge in [0.15, 0.2) is 11.6 Å². The molecular formula is C19H18N2O4S. The van der Waals surface area contributed by atoms with Crippen LogP contribution in [-0.2, 0) is 4.79 Å². The van der Waals surface area contributed by atoms with Crippen molar-refractivity contribution >= 4 is 29.0 Å². The molecule has 6 nitrogen and oxygen atoms in total. The number of allylic oxidation sites excluding steroid dienone is 4. The van der Waals surface area contributed by atoms with Crippen molar-refractivity contribution < 1.29 is 14.5 Å². The summed E-state index contributed by atoms with van der Waals surface area (Å²) in [6.45, 7) is 1.32. The maximum Gasteiger partial charge on any atom is 0.280 e. The largest absolute Gasteiger partial charge is 0.361 e. The first-order chi connectivity index (χ1) is 12.5. The van der Waals surface area contributed by atoms with Gasteiger partial charge in [-0.2, -0.15) is 0 Å². The molecule has 0 saturated carbocycles. The van der Waals surface area contributed by atoms with Gasteiger partial charge in [-0.15, -0.1) is 11.8 Å². The molecule has 1 N–H and O–H groups in total. The first-order valence-electron chi connectivity index (χ1n) is 8.65. The molecule has 1 aromatic rings. The van der Waals surface area contributed by atoms with Crippen LogP contribution < -0.4 is 5.32 Å². The predicted molar refractivity (Wildman–Crippen MR) is 99.0 cm³/mol. The standard InChI is InChI=1S/C19H18N2O4S/c1-10(22)12-6-5-11(9-15(12)21(24)25)17-18-13(3-2-4-16(18)23)20-14-7-8-26-19(14)17/h5-6,9,17,20H,2-4,7-8H2,1H3. The van der Waals surface area contributed by atoms with Crippen molar-refractivity contribution in [2.45, 2.75) is 38.5 Å². The summed E-state index contributed by atoms with van der Waals surface area (Å²) in [7, 11) is 0. The van der Waals surface area contributed by atoms with Crippen LogP contribution in [0.3, 0.4) is 0 Å². The molecule has 2 aliphatic heterocycles. The van der Waals surface area contributed by atoms with Crippen LogP contribution in [0.1, 0.15) is 54.4 Å². The van der Waals surface area contributed by atoms with E-state index in [1.165, 1.54) is 19.1 Å². The minimum Gasteiger partial charge on any atom is -0.361 e. The SMILES string of the molecule is CC(=O)c1ccc(C2C3=C(CCS3)NC3=C2C(=O)CCC3)cc1[N+](=O)[O-].